The molecule has 0 bridgehead atoms. The Kier molecular flexibility index (Phi) is 5.49. The van der Waals surface area contributed by atoms with Crippen molar-refractivity contribution in [2.45, 2.75) is 12.2 Å². The zero-order chi connectivity index (χ0) is 12.0. The van der Waals surface area contributed by atoms with Gasteiger partial charge < -0.3 is 15.2 Å². The van der Waals surface area contributed by atoms with Gasteiger partial charge in [-0.3, -0.25) is 0 Å². The summed E-state index contributed by atoms with van der Waals surface area (Å²) in [7, 11) is 3.28. The van der Waals surface area contributed by atoms with E-state index in [-0.39, 0.29) is 0 Å². The number of thioether (sulfide) groups is 1. The van der Waals surface area contributed by atoms with Gasteiger partial charge in [0.1, 0.15) is 0 Å². The largest absolute Gasteiger partial charge is 0.493 e. The monoisotopic (exact) mass is 241 g/mol. The van der Waals surface area contributed by atoms with Crippen LogP contribution in [0.3, 0.4) is 0 Å². The van der Waals surface area contributed by atoms with Crippen LogP contribution in [0.1, 0.15) is 17.7 Å². The Morgan fingerprint density at radius 1 is 1.25 bits per heavy atom. The highest BCUT2D eigenvalue weighted by Gasteiger charge is 2.12. The van der Waals surface area contributed by atoms with Crippen molar-refractivity contribution in [3.8, 4) is 11.5 Å². The van der Waals surface area contributed by atoms with Crippen LogP contribution in [0, 0.1) is 0 Å². The fourth-order valence-corrected chi connectivity index (χ4v) is 2.43. The van der Waals surface area contributed by atoms with E-state index < -0.39 is 0 Å². The molecule has 90 valence electrons. The third kappa shape index (κ3) is 3.06. The molecular weight excluding hydrogens is 222 g/mol. The van der Waals surface area contributed by atoms with Crippen LogP contribution in [-0.4, -0.2) is 26.5 Å². The van der Waals surface area contributed by atoms with Crippen molar-refractivity contribution in [2.24, 2.45) is 5.73 Å². The molecule has 16 heavy (non-hydrogen) atoms. The first-order chi connectivity index (χ1) is 7.76. The number of ether oxygens (including phenoxy) is 2. The van der Waals surface area contributed by atoms with E-state index in [2.05, 4.69) is 6.92 Å². The Labute approximate surface area is 101 Å². The molecule has 1 aromatic rings. The van der Waals surface area contributed by atoms with Crippen LogP contribution in [0.4, 0.5) is 0 Å². The van der Waals surface area contributed by atoms with E-state index in [4.69, 9.17) is 15.2 Å². The van der Waals surface area contributed by atoms with Crippen LogP contribution in [0.15, 0.2) is 18.2 Å². The van der Waals surface area contributed by atoms with Crippen LogP contribution in [0.5, 0.6) is 11.5 Å². The maximum Gasteiger partial charge on any atom is 0.161 e. The van der Waals surface area contributed by atoms with Gasteiger partial charge in [-0.25, -0.2) is 0 Å². The molecule has 2 N–H and O–H groups in total. The van der Waals surface area contributed by atoms with E-state index in [9.17, 15) is 0 Å². The highest BCUT2D eigenvalue weighted by molar-refractivity contribution is 7.99. The maximum atomic E-state index is 5.76. The smallest absolute Gasteiger partial charge is 0.161 e. The van der Waals surface area contributed by atoms with Crippen molar-refractivity contribution >= 4 is 11.8 Å². The first kappa shape index (κ1) is 13.2. The van der Waals surface area contributed by atoms with Crippen molar-refractivity contribution in [2.75, 3.05) is 26.5 Å². The summed E-state index contributed by atoms with van der Waals surface area (Å²) in [6.45, 7) is 2.77. The minimum Gasteiger partial charge on any atom is -0.493 e. The molecule has 0 saturated carbocycles. The summed E-state index contributed by atoms with van der Waals surface area (Å²) < 4.78 is 10.5. The average Bonchev–Trinajstić information content (AvgIpc) is 2.35. The topological polar surface area (TPSA) is 44.5 Å². The van der Waals surface area contributed by atoms with Crippen molar-refractivity contribution < 1.29 is 9.47 Å². The van der Waals surface area contributed by atoms with Crippen molar-refractivity contribution in [1.29, 1.82) is 0 Å². The summed E-state index contributed by atoms with van der Waals surface area (Å²) in [5.74, 6) is 2.56. The Morgan fingerprint density at radius 2 is 1.94 bits per heavy atom. The van der Waals surface area contributed by atoms with E-state index in [1.165, 1.54) is 5.56 Å². The second kappa shape index (κ2) is 6.66. The molecule has 0 radical (unpaired) electrons. The van der Waals surface area contributed by atoms with Crippen LogP contribution < -0.4 is 15.2 Å². The zero-order valence-electron chi connectivity index (χ0n) is 10.0. The Balaban J connectivity index is 2.96. The summed E-state index contributed by atoms with van der Waals surface area (Å²) in [5.41, 5.74) is 6.95. The molecule has 0 aliphatic carbocycles. The Morgan fingerprint density at radius 3 is 2.44 bits per heavy atom. The average molecular weight is 241 g/mol. The van der Waals surface area contributed by atoms with E-state index >= 15 is 0 Å². The van der Waals surface area contributed by atoms with Crippen molar-refractivity contribution in [3.63, 3.8) is 0 Å². The first-order valence-corrected chi connectivity index (χ1v) is 6.35. The molecule has 1 atom stereocenters. The number of nitrogens with two attached hydrogens (primary N) is 1. The molecule has 0 heterocycles. The standard InChI is InChI=1S/C12H19NO2S/c1-4-16-12(8-13)9-5-6-10(14-2)11(7-9)15-3/h5-7,12H,4,8,13H2,1-3H3. The molecule has 3 nitrogen and oxygen atoms in total. The van der Waals surface area contributed by atoms with Crippen molar-refractivity contribution in [1.82, 2.24) is 0 Å². The van der Waals surface area contributed by atoms with E-state index in [1.54, 1.807) is 14.2 Å². The second-order valence-electron chi connectivity index (χ2n) is 3.29. The van der Waals surface area contributed by atoms with Gasteiger partial charge in [0.25, 0.3) is 0 Å². The number of hydrogen-bond donors (Lipinski definition) is 1. The lowest BCUT2D eigenvalue weighted by atomic mass is 10.1. The molecule has 0 aromatic heterocycles. The van der Waals surface area contributed by atoms with Gasteiger partial charge in [0.2, 0.25) is 0 Å². The normalized spacial score (nSPS) is 12.2. The summed E-state index contributed by atoms with van der Waals surface area (Å²) in [4.78, 5) is 0. The van der Waals surface area contributed by atoms with Gasteiger partial charge in [-0.2, -0.15) is 11.8 Å². The molecule has 1 unspecified atom stereocenters. The SMILES string of the molecule is CCSC(CN)c1ccc(OC)c(OC)c1. The number of methoxy groups -OCH3 is 2. The lowest BCUT2D eigenvalue weighted by Gasteiger charge is -2.16. The maximum absolute atomic E-state index is 5.76. The van der Waals surface area contributed by atoms with Gasteiger partial charge in [-0.15, -0.1) is 0 Å². The summed E-state index contributed by atoms with van der Waals surface area (Å²) in [6.07, 6.45) is 0. The molecule has 4 heteroatoms. The van der Waals surface area contributed by atoms with Crippen LogP contribution in [0.25, 0.3) is 0 Å². The van der Waals surface area contributed by atoms with Crippen LogP contribution in [0.2, 0.25) is 0 Å². The van der Waals surface area contributed by atoms with Gasteiger partial charge in [0, 0.05) is 11.8 Å². The van der Waals surface area contributed by atoms with Gasteiger partial charge >= 0.3 is 0 Å². The summed E-state index contributed by atoms with van der Waals surface area (Å²) in [5, 5.41) is 0.324. The molecule has 0 saturated heterocycles. The lowest BCUT2D eigenvalue weighted by molar-refractivity contribution is 0.354. The van der Waals surface area contributed by atoms with E-state index in [0.717, 1.165) is 17.3 Å². The first-order valence-electron chi connectivity index (χ1n) is 5.30. The fraction of sp³-hybridized carbons (Fsp3) is 0.500. The van der Waals surface area contributed by atoms with Gasteiger partial charge in [0.15, 0.2) is 11.5 Å². The summed E-state index contributed by atoms with van der Waals surface area (Å²) >= 11 is 1.84. The molecule has 1 rings (SSSR count). The van der Waals surface area contributed by atoms with Gasteiger partial charge in [-0.1, -0.05) is 13.0 Å². The third-order valence-electron chi connectivity index (χ3n) is 2.36. The van der Waals surface area contributed by atoms with Crippen molar-refractivity contribution in [3.05, 3.63) is 23.8 Å². The van der Waals surface area contributed by atoms with Crippen LogP contribution in [-0.2, 0) is 0 Å². The predicted molar refractivity (Wildman–Crippen MR) is 69.5 cm³/mol. The van der Waals surface area contributed by atoms with Gasteiger partial charge in [0.05, 0.1) is 14.2 Å². The van der Waals surface area contributed by atoms with E-state index in [0.29, 0.717) is 11.8 Å². The number of rotatable bonds is 6. The van der Waals surface area contributed by atoms with E-state index in [1.807, 2.05) is 30.0 Å². The highest BCUT2D eigenvalue weighted by atomic mass is 32.2. The fourth-order valence-electron chi connectivity index (χ4n) is 1.55. The number of hydrogen-bond acceptors (Lipinski definition) is 4. The second-order valence-corrected chi connectivity index (χ2v) is 4.77. The minimum absolute atomic E-state index is 0.324. The van der Waals surface area contributed by atoms with Gasteiger partial charge in [-0.05, 0) is 23.4 Å². The molecular formula is C12H19NO2S. The highest BCUT2D eigenvalue weighted by Crippen LogP contribution is 2.34. The molecule has 0 spiro atoms. The predicted octanol–water partition coefficient (Wildman–Crippen LogP) is 2.46. The molecule has 0 aliphatic rings. The minimum atomic E-state index is 0.324. The lowest BCUT2D eigenvalue weighted by Crippen LogP contribution is -2.09. The molecule has 0 fully saturated rings. The quantitative estimate of drug-likeness (QED) is 0.831. The molecule has 0 amide bonds. The third-order valence-corrected chi connectivity index (χ3v) is 3.56. The molecule has 1 aromatic carbocycles. The zero-order valence-corrected chi connectivity index (χ0v) is 10.8. The summed E-state index contributed by atoms with van der Waals surface area (Å²) in [6, 6.07) is 5.97. The Hall–Kier alpha value is -0.870. The molecule has 0 aliphatic heterocycles. The Bertz CT molecular complexity index is 331. The number of benzene rings is 1. The van der Waals surface area contributed by atoms with Crippen LogP contribution >= 0.6 is 11.8 Å².